The second-order valence-electron chi connectivity index (χ2n) is 5.88. The summed E-state index contributed by atoms with van der Waals surface area (Å²) in [7, 11) is 0. The molecule has 6 heteroatoms. The summed E-state index contributed by atoms with van der Waals surface area (Å²) in [4.78, 5) is 14.3. The van der Waals surface area contributed by atoms with Gasteiger partial charge in [0.2, 0.25) is 0 Å². The van der Waals surface area contributed by atoms with Gasteiger partial charge in [-0.1, -0.05) is 19.3 Å². The third-order valence-corrected chi connectivity index (χ3v) is 4.25. The van der Waals surface area contributed by atoms with Crippen LogP contribution in [0.15, 0.2) is 11.8 Å². The van der Waals surface area contributed by atoms with Crippen molar-refractivity contribution in [3.05, 3.63) is 11.8 Å². The first-order valence-electron chi connectivity index (χ1n) is 8.24. The molecule has 0 atom stereocenters. The first kappa shape index (κ1) is 16.8. The van der Waals surface area contributed by atoms with Crippen LogP contribution in [0.4, 0.5) is 0 Å². The van der Waals surface area contributed by atoms with Gasteiger partial charge >= 0.3 is 0 Å². The van der Waals surface area contributed by atoms with Gasteiger partial charge in [-0.2, -0.15) is 5.26 Å². The number of hydrogen-bond acceptors (Lipinski definition) is 5. The molecule has 2 fully saturated rings. The van der Waals surface area contributed by atoms with Gasteiger partial charge in [0.1, 0.15) is 11.6 Å². The van der Waals surface area contributed by atoms with E-state index in [1.165, 1.54) is 19.3 Å². The van der Waals surface area contributed by atoms with Gasteiger partial charge in [0.15, 0.2) is 0 Å². The highest BCUT2D eigenvalue weighted by Gasteiger charge is 2.14. The van der Waals surface area contributed by atoms with Crippen molar-refractivity contribution in [2.75, 3.05) is 39.4 Å². The molecule has 2 N–H and O–H groups in total. The highest BCUT2D eigenvalue weighted by molar-refractivity contribution is 5.97. The minimum atomic E-state index is -0.293. The third kappa shape index (κ3) is 5.66. The molecule has 1 saturated carbocycles. The van der Waals surface area contributed by atoms with E-state index in [-0.39, 0.29) is 11.5 Å². The van der Waals surface area contributed by atoms with Crippen LogP contribution in [-0.4, -0.2) is 56.2 Å². The molecule has 1 amide bonds. The Balaban J connectivity index is 1.69. The normalized spacial score (nSPS) is 21.1. The maximum atomic E-state index is 12.0. The highest BCUT2D eigenvalue weighted by Crippen LogP contribution is 2.17. The fourth-order valence-electron chi connectivity index (χ4n) is 2.87. The van der Waals surface area contributed by atoms with Gasteiger partial charge < -0.3 is 15.4 Å². The lowest BCUT2D eigenvalue weighted by molar-refractivity contribution is -0.117. The quantitative estimate of drug-likeness (QED) is 0.560. The van der Waals surface area contributed by atoms with E-state index in [0.29, 0.717) is 12.6 Å². The molecule has 1 aliphatic carbocycles. The molecule has 0 aromatic rings. The molecule has 0 aromatic heterocycles. The average molecular weight is 306 g/mol. The number of nitrogens with one attached hydrogen (secondary N) is 2. The molecule has 0 bridgehead atoms. The minimum Gasteiger partial charge on any atom is -0.387 e. The Kier molecular flexibility index (Phi) is 7.20. The number of carbonyl (C=O) groups is 1. The summed E-state index contributed by atoms with van der Waals surface area (Å²) in [6.07, 6.45) is 7.55. The number of carbonyl (C=O) groups excluding carboxylic acids is 1. The van der Waals surface area contributed by atoms with Crippen LogP contribution < -0.4 is 10.6 Å². The second kappa shape index (κ2) is 9.44. The molecule has 1 saturated heterocycles. The fraction of sp³-hybridized carbons (Fsp3) is 0.750. The van der Waals surface area contributed by atoms with Crippen molar-refractivity contribution in [2.45, 2.75) is 38.1 Å². The Hall–Kier alpha value is -1.58. The van der Waals surface area contributed by atoms with Crippen molar-refractivity contribution in [1.29, 1.82) is 5.26 Å². The predicted octanol–water partition coefficient (Wildman–Crippen LogP) is 0.765. The van der Waals surface area contributed by atoms with Crippen LogP contribution >= 0.6 is 0 Å². The Morgan fingerprint density at radius 1 is 1.27 bits per heavy atom. The van der Waals surface area contributed by atoms with E-state index >= 15 is 0 Å². The lowest BCUT2D eigenvalue weighted by Crippen LogP contribution is -2.41. The van der Waals surface area contributed by atoms with Gasteiger partial charge in [0.05, 0.1) is 13.2 Å². The number of rotatable bonds is 6. The maximum absolute atomic E-state index is 12.0. The summed E-state index contributed by atoms with van der Waals surface area (Å²) in [6, 6.07) is 2.38. The summed E-state index contributed by atoms with van der Waals surface area (Å²) in [5.41, 5.74) is 0.160. The lowest BCUT2D eigenvalue weighted by Gasteiger charge is -2.26. The van der Waals surface area contributed by atoms with E-state index in [1.807, 2.05) is 6.07 Å². The van der Waals surface area contributed by atoms with Crippen molar-refractivity contribution in [2.24, 2.45) is 0 Å². The average Bonchev–Trinajstić information content (AvgIpc) is 2.57. The number of hydrogen-bond donors (Lipinski definition) is 2. The Morgan fingerprint density at radius 3 is 2.68 bits per heavy atom. The van der Waals surface area contributed by atoms with Gasteiger partial charge in [0.25, 0.3) is 5.91 Å². The Morgan fingerprint density at radius 2 is 2.00 bits per heavy atom. The molecular weight excluding hydrogens is 280 g/mol. The van der Waals surface area contributed by atoms with Crippen LogP contribution in [0.3, 0.4) is 0 Å². The molecule has 2 aliphatic rings. The van der Waals surface area contributed by atoms with Gasteiger partial charge in [-0.25, -0.2) is 0 Å². The van der Waals surface area contributed by atoms with Crippen molar-refractivity contribution >= 4 is 5.91 Å². The van der Waals surface area contributed by atoms with Gasteiger partial charge in [-0.3, -0.25) is 9.69 Å². The molecule has 6 nitrogen and oxygen atoms in total. The fourth-order valence-corrected chi connectivity index (χ4v) is 2.87. The lowest BCUT2D eigenvalue weighted by atomic mass is 9.96. The van der Waals surface area contributed by atoms with Gasteiger partial charge in [-0.05, 0) is 12.8 Å². The molecule has 0 radical (unpaired) electrons. The molecular formula is C16H26N4O2. The first-order valence-corrected chi connectivity index (χ1v) is 8.24. The standard InChI is InChI=1S/C16H26N4O2/c17-12-14(13-19-15-4-2-1-3-5-15)16(21)18-6-7-20-8-10-22-11-9-20/h13,15,19H,1-11H2,(H,18,21)/b14-13-. The zero-order valence-electron chi connectivity index (χ0n) is 13.1. The molecule has 0 aromatic carbocycles. The number of nitrogens with zero attached hydrogens (tertiary/aromatic N) is 2. The van der Waals surface area contributed by atoms with Crippen LogP contribution in [0, 0.1) is 11.3 Å². The zero-order valence-corrected chi connectivity index (χ0v) is 13.1. The van der Waals surface area contributed by atoms with E-state index in [4.69, 9.17) is 10.00 Å². The highest BCUT2D eigenvalue weighted by atomic mass is 16.5. The van der Waals surface area contributed by atoms with Crippen LogP contribution in [0.2, 0.25) is 0 Å². The number of ether oxygens (including phenoxy) is 1. The SMILES string of the molecule is N#C/C(=C/NC1CCCCC1)C(=O)NCCN1CCOCC1. The van der Waals surface area contributed by atoms with Crippen LogP contribution in [0.1, 0.15) is 32.1 Å². The zero-order chi connectivity index (χ0) is 15.6. The largest absolute Gasteiger partial charge is 0.387 e. The summed E-state index contributed by atoms with van der Waals surface area (Å²) in [5, 5.41) is 15.2. The van der Waals surface area contributed by atoms with E-state index in [0.717, 1.165) is 45.7 Å². The van der Waals surface area contributed by atoms with Crippen LogP contribution in [0.5, 0.6) is 0 Å². The van der Waals surface area contributed by atoms with E-state index in [1.54, 1.807) is 6.20 Å². The number of nitriles is 1. The Labute approximate surface area is 132 Å². The number of amides is 1. The Bertz CT molecular complexity index is 418. The summed E-state index contributed by atoms with van der Waals surface area (Å²) < 4.78 is 5.28. The minimum absolute atomic E-state index is 0.160. The summed E-state index contributed by atoms with van der Waals surface area (Å²) in [6.45, 7) is 4.66. The van der Waals surface area contributed by atoms with Gasteiger partial charge in [0, 0.05) is 38.4 Å². The topological polar surface area (TPSA) is 77.4 Å². The molecule has 2 rings (SSSR count). The second-order valence-corrected chi connectivity index (χ2v) is 5.88. The molecule has 122 valence electrons. The van der Waals surface area contributed by atoms with Crippen molar-refractivity contribution < 1.29 is 9.53 Å². The summed E-state index contributed by atoms with van der Waals surface area (Å²) >= 11 is 0. The predicted molar refractivity (Wildman–Crippen MR) is 84.0 cm³/mol. The van der Waals surface area contributed by atoms with Crippen LogP contribution in [-0.2, 0) is 9.53 Å². The van der Waals surface area contributed by atoms with Crippen molar-refractivity contribution in [1.82, 2.24) is 15.5 Å². The molecule has 0 spiro atoms. The molecule has 22 heavy (non-hydrogen) atoms. The maximum Gasteiger partial charge on any atom is 0.263 e. The van der Waals surface area contributed by atoms with E-state index in [9.17, 15) is 4.79 Å². The van der Waals surface area contributed by atoms with Crippen molar-refractivity contribution in [3.63, 3.8) is 0 Å². The molecule has 1 heterocycles. The molecule has 1 aliphatic heterocycles. The van der Waals surface area contributed by atoms with E-state index in [2.05, 4.69) is 15.5 Å². The smallest absolute Gasteiger partial charge is 0.263 e. The number of morpholine rings is 1. The van der Waals surface area contributed by atoms with Gasteiger partial charge in [-0.15, -0.1) is 0 Å². The van der Waals surface area contributed by atoms with Crippen molar-refractivity contribution in [3.8, 4) is 6.07 Å². The monoisotopic (exact) mass is 306 g/mol. The molecule has 0 unspecified atom stereocenters. The van der Waals surface area contributed by atoms with E-state index < -0.39 is 0 Å². The summed E-state index contributed by atoms with van der Waals surface area (Å²) in [5.74, 6) is -0.293. The first-order chi connectivity index (χ1) is 10.8. The van der Waals surface area contributed by atoms with Crippen LogP contribution in [0.25, 0.3) is 0 Å². The third-order valence-electron chi connectivity index (χ3n) is 4.25.